The zero-order chi connectivity index (χ0) is 31.3. The second-order valence-electron chi connectivity index (χ2n) is 11.1. The summed E-state index contributed by atoms with van der Waals surface area (Å²) in [6.07, 6.45) is 6.87. The van der Waals surface area contributed by atoms with E-state index in [1.54, 1.807) is 24.3 Å². The summed E-state index contributed by atoms with van der Waals surface area (Å²) in [7, 11) is 0. The summed E-state index contributed by atoms with van der Waals surface area (Å²) in [4.78, 5) is 27.3. The number of benzene rings is 4. The molecule has 0 atom stereocenters. The number of rotatable bonds is 8. The van der Waals surface area contributed by atoms with Crippen LogP contribution < -0.4 is 10.2 Å². The van der Waals surface area contributed by atoms with Crippen LogP contribution in [-0.4, -0.2) is 29.2 Å². The summed E-state index contributed by atoms with van der Waals surface area (Å²) in [5, 5.41) is 20.7. The highest BCUT2D eigenvalue weighted by Gasteiger charge is 2.30. The minimum atomic E-state index is -1.48. The van der Waals surface area contributed by atoms with Crippen LogP contribution >= 0.6 is 11.6 Å². The molecule has 45 heavy (non-hydrogen) atoms. The van der Waals surface area contributed by atoms with Crippen LogP contribution in [0.1, 0.15) is 30.4 Å². The lowest BCUT2D eigenvalue weighted by Gasteiger charge is -2.32. The number of para-hydroxylation sites is 1. The Balaban J connectivity index is 1.25. The number of carboxylic acids is 1. The Labute approximate surface area is 267 Å². The van der Waals surface area contributed by atoms with Gasteiger partial charge in [0, 0.05) is 28.6 Å². The largest absolute Gasteiger partial charge is 0.477 e. The number of nitrogens with one attached hydrogen (secondary N) is 2. The zero-order valence-electron chi connectivity index (χ0n) is 24.6. The maximum Gasteiger partial charge on any atom is 0.354 e. The molecule has 6 nitrogen and oxygen atoms in total. The zero-order valence-corrected chi connectivity index (χ0v) is 25.4. The van der Waals surface area contributed by atoms with Gasteiger partial charge in [-0.25, -0.2) is 4.79 Å². The molecule has 0 radical (unpaired) electrons. The monoisotopic (exact) mass is 613 g/mol. The molecule has 4 aromatic carbocycles. The number of aliphatic carboxylic acids is 1. The highest BCUT2D eigenvalue weighted by molar-refractivity contribution is 6.50. The average molecular weight is 614 g/mol. The van der Waals surface area contributed by atoms with E-state index in [2.05, 4.69) is 76.9 Å². The molecule has 0 unspecified atom stereocenters. The Morgan fingerprint density at radius 1 is 0.822 bits per heavy atom. The third-order valence-corrected chi connectivity index (χ3v) is 8.65. The van der Waals surface area contributed by atoms with Gasteiger partial charge in [0.15, 0.2) is 5.71 Å². The molecule has 4 aromatic rings. The Morgan fingerprint density at radius 2 is 1.56 bits per heavy atom. The van der Waals surface area contributed by atoms with E-state index >= 15 is 0 Å². The van der Waals surface area contributed by atoms with Gasteiger partial charge in [-0.1, -0.05) is 90.5 Å². The van der Waals surface area contributed by atoms with Crippen LogP contribution in [0.4, 0.5) is 17.1 Å². The smallest absolute Gasteiger partial charge is 0.354 e. The predicted molar refractivity (Wildman–Crippen MR) is 182 cm³/mol. The van der Waals surface area contributed by atoms with Gasteiger partial charge in [0.25, 0.3) is 5.91 Å². The fraction of sp³-hybridized carbons (Fsp3) is 0.132. The van der Waals surface area contributed by atoms with Crippen molar-refractivity contribution in [2.24, 2.45) is 0 Å². The first-order chi connectivity index (χ1) is 21.9. The van der Waals surface area contributed by atoms with Crippen molar-refractivity contribution in [1.82, 2.24) is 0 Å². The van der Waals surface area contributed by atoms with Crippen LogP contribution in [0.3, 0.4) is 0 Å². The highest BCUT2D eigenvalue weighted by Crippen LogP contribution is 2.39. The van der Waals surface area contributed by atoms with Crippen LogP contribution in [0.15, 0.2) is 131 Å². The molecule has 1 amide bonds. The molecule has 0 bridgehead atoms. The molecule has 1 aliphatic heterocycles. The van der Waals surface area contributed by atoms with Gasteiger partial charge in [-0.05, 0) is 95.5 Å². The molecule has 0 spiro atoms. The fourth-order valence-electron chi connectivity index (χ4n) is 5.96. The first-order valence-electron chi connectivity index (χ1n) is 14.9. The number of anilines is 3. The Bertz CT molecular complexity index is 1880. The Hall–Kier alpha value is -5.20. The van der Waals surface area contributed by atoms with Crippen molar-refractivity contribution in [2.45, 2.75) is 25.7 Å². The number of aryl methyl sites for hydroxylation is 1. The first kappa shape index (κ1) is 29.9. The minimum Gasteiger partial charge on any atom is -0.477 e. The van der Waals surface area contributed by atoms with Crippen LogP contribution in [0, 0.1) is 5.41 Å². The summed E-state index contributed by atoms with van der Waals surface area (Å²) < 4.78 is 0. The number of carboxylic acid groups (broad SMARTS) is 1. The standard InChI is InChI=1S/C38H32ClN3O3/c39-35-27(19-20-32(35)34(36(40)38(44)45)37(43)41-30-13-5-2-6-14-30)18-16-25-17-21-33-29(23-25)12-8-22-42(33)31-15-7-11-28(24-31)26-9-3-1-4-10-26/h1-7,9-11,13-18,21,23-24,40H,8,12,19-20,22H2,(H,41,43)(H,44,45)/b18-16+,34-32-,40-36?. The SMILES string of the molecule is N=C(C(=O)O)/C(C(=O)Nc1ccccc1)=C1\CCC(/C=C/c2ccc3c(c2)CCCN3c2cccc(-c3ccccc3)c2)=C1Cl. The molecule has 0 aromatic heterocycles. The van der Waals surface area contributed by atoms with Crippen LogP contribution in [0.2, 0.25) is 0 Å². The molecule has 3 N–H and O–H groups in total. The van der Waals surface area contributed by atoms with E-state index in [-0.39, 0.29) is 5.57 Å². The van der Waals surface area contributed by atoms with Crippen molar-refractivity contribution in [2.75, 3.05) is 16.8 Å². The van der Waals surface area contributed by atoms with Crippen LogP contribution in [-0.2, 0) is 16.0 Å². The number of hydrogen-bond acceptors (Lipinski definition) is 4. The van der Waals surface area contributed by atoms with E-state index in [1.807, 2.05) is 24.3 Å². The number of allylic oxidation sites excluding steroid dienone is 4. The van der Waals surface area contributed by atoms with Gasteiger partial charge in [-0.15, -0.1) is 0 Å². The molecule has 0 saturated carbocycles. The molecule has 2 aliphatic rings. The van der Waals surface area contributed by atoms with Gasteiger partial charge in [0.1, 0.15) is 0 Å². The number of amides is 1. The molecule has 6 rings (SSSR count). The van der Waals surface area contributed by atoms with Crippen molar-refractivity contribution in [3.8, 4) is 11.1 Å². The number of fused-ring (bicyclic) bond motifs is 1. The number of carbonyl (C=O) groups excluding carboxylic acids is 1. The normalized spacial score (nSPS) is 15.6. The summed E-state index contributed by atoms with van der Waals surface area (Å²) in [5.41, 5.74) is 7.73. The third-order valence-electron chi connectivity index (χ3n) is 8.18. The maximum absolute atomic E-state index is 13.2. The maximum atomic E-state index is 13.2. The van der Waals surface area contributed by atoms with Gasteiger partial charge in [-0.2, -0.15) is 0 Å². The summed E-state index contributed by atoms with van der Waals surface area (Å²) >= 11 is 6.75. The van der Waals surface area contributed by atoms with Gasteiger partial charge < -0.3 is 15.3 Å². The Kier molecular flexibility index (Phi) is 8.76. The fourth-order valence-corrected chi connectivity index (χ4v) is 6.30. The summed E-state index contributed by atoms with van der Waals surface area (Å²) in [6.45, 7) is 0.948. The lowest BCUT2D eigenvalue weighted by Crippen LogP contribution is -2.26. The van der Waals surface area contributed by atoms with Crippen molar-refractivity contribution in [3.05, 3.63) is 142 Å². The summed E-state index contributed by atoms with van der Waals surface area (Å²) in [5.74, 6) is -2.15. The quantitative estimate of drug-likeness (QED) is 0.137. The van der Waals surface area contributed by atoms with Crippen molar-refractivity contribution in [3.63, 3.8) is 0 Å². The van der Waals surface area contributed by atoms with E-state index in [9.17, 15) is 14.7 Å². The van der Waals surface area contributed by atoms with E-state index in [1.165, 1.54) is 28.1 Å². The molecule has 0 saturated heterocycles. The van der Waals surface area contributed by atoms with Crippen molar-refractivity contribution < 1.29 is 14.7 Å². The minimum absolute atomic E-state index is 0.218. The van der Waals surface area contributed by atoms with Crippen LogP contribution in [0.5, 0.6) is 0 Å². The van der Waals surface area contributed by atoms with Gasteiger partial charge in [-0.3, -0.25) is 10.2 Å². The van der Waals surface area contributed by atoms with E-state index < -0.39 is 17.6 Å². The Morgan fingerprint density at radius 3 is 2.31 bits per heavy atom. The van der Waals surface area contributed by atoms with E-state index in [0.717, 1.165) is 30.5 Å². The van der Waals surface area contributed by atoms with E-state index in [4.69, 9.17) is 17.0 Å². The number of hydrogen-bond donors (Lipinski definition) is 3. The molecule has 224 valence electrons. The number of nitrogens with zero attached hydrogens (tertiary/aromatic N) is 1. The second-order valence-corrected chi connectivity index (χ2v) is 11.5. The lowest BCUT2D eigenvalue weighted by molar-refractivity contribution is -0.129. The van der Waals surface area contributed by atoms with Gasteiger partial charge in [0.2, 0.25) is 0 Å². The molecule has 7 heteroatoms. The molecule has 1 heterocycles. The topological polar surface area (TPSA) is 93.5 Å². The van der Waals surface area contributed by atoms with Gasteiger partial charge >= 0.3 is 5.97 Å². The molecule has 0 fully saturated rings. The van der Waals surface area contributed by atoms with Crippen molar-refractivity contribution >= 4 is 52.3 Å². The number of halogens is 1. The third kappa shape index (κ3) is 6.52. The summed E-state index contributed by atoms with van der Waals surface area (Å²) in [6, 6.07) is 34.3. The van der Waals surface area contributed by atoms with Crippen molar-refractivity contribution in [1.29, 1.82) is 5.41 Å². The molecular formula is C38H32ClN3O3. The molecular weight excluding hydrogens is 582 g/mol. The average Bonchev–Trinajstić information content (AvgIpc) is 3.43. The lowest BCUT2D eigenvalue weighted by atomic mass is 9.97. The molecule has 1 aliphatic carbocycles. The second kappa shape index (κ2) is 13.2. The highest BCUT2D eigenvalue weighted by atomic mass is 35.5. The van der Waals surface area contributed by atoms with Gasteiger partial charge in [0.05, 0.1) is 5.57 Å². The number of carbonyl (C=O) groups is 2. The van der Waals surface area contributed by atoms with E-state index in [0.29, 0.717) is 29.1 Å². The first-order valence-corrected chi connectivity index (χ1v) is 15.3. The van der Waals surface area contributed by atoms with Crippen LogP contribution in [0.25, 0.3) is 17.2 Å². The predicted octanol–water partition coefficient (Wildman–Crippen LogP) is 8.78.